The first kappa shape index (κ1) is 13.5. The summed E-state index contributed by atoms with van der Waals surface area (Å²) in [5.74, 6) is -0.296. The van der Waals surface area contributed by atoms with Crippen molar-refractivity contribution in [3.8, 4) is 0 Å². The summed E-state index contributed by atoms with van der Waals surface area (Å²) in [5.41, 5.74) is 8.53. The monoisotopic (exact) mass is 261 g/mol. The van der Waals surface area contributed by atoms with Gasteiger partial charge >= 0.3 is 0 Å². The lowest BCUT2D eigenvalue weighted by Crippen LogP contribution is -2.41. The molecule has 5 nitrogen and oxygen atoms in total. The maximum absolute atomic E-state index is 12.2. The Hall–Kier alpha value is -1.88. The van der Waals surface area contributed by atoms with Gasteiger partial charge in [-0.05, 0) is 19.9 Å². The maximum Gasteiger partial charge on any atom is 0.249 e. The number of aryl methyl sites for hydroxylation is 1. The van der Waals surface area contributed by atoms with Crippen molar-refractivity contribution in [3.05, 3.63) is 29.3 Å². The van der Waals surface area contributed by atoms with Crippen LogP contribution in [0.15, 0.2) is 18.2 Å². The molecule has 0 aromatic heterocycles. The fourth-order valence-electron chi connectivity index (χ4n) is 2.18. The van der Waals surface area contributed by atoms with E-state index in [1.807, 2.05) is 32.0 Å². The number of hydrogen-bond acceptors (Lipinski definition) is 3. The molecule has 2 amide bonds. The molecule has 0 aliphatic carbocycles. The van der Waals surface area contributed by atoms with Gasteiger partial charge in [0.2, 0.25) is 11.8 Å². The van der Waals surface area contributed by atoms with Gasteiger partial charge < -0.3 is 15.5 Å². The van der Waals surface area contributed by atoms with Crippen molar-refractivity contribution in [1.29, 1.82) is 0 Å². The van der Waals surface area contributed by atoms with Crippen LogP contribution in [0.2, 0.25) is 0 Å². The van der Waals surface area contributed by atoms with Crippen LogP contribution in [-0.2, 0) is 9.59 Å². The quantitative estimate of drug-likeness (QED) is 0.876. The molecule has 0 saturated carbocycles. The Balaban J connectivity index is 2.29. The average molecular weight is 261 g/mol. The Morgan fingerprint density at radius 3 is 2.79 bits per heavy atom. The zero-order valence-corrected chi connectivity index (χ0v) is 11.5. The molecule has 0 fully saturated rings. The lowest BCUT2D eigenvalue weighted by atomic mass is 10.1. The first-order chi connectivity index (χ1) is 8.95. The van der Waals surface area contributed by atoms with Crippen LogP contribution in [0.5, 0.6) is 0 Å². The highest BCUT2D eigenvalue weighted by Crippen LogP contribution is 2.34. The highest BCUT2D eigenvalue weighted by Gasteiger charge is 2.36. The zero-order chi connectivity index (χ0) is 14.2. The third-order valence-electron chi connectivity index (χ3n) is 3.53. The molecule has 102 valence electrons. The van der Waals surface area contributed by atoms with E-state index in [1.165, 1.54) is 4.90 Å². The number of nitrogens with two attached hydrogens (primary N) is 1. The lowest BCUT2D eigenvalue weighted by molar-refractivity contribution is -0.130. The topological polar surface area (TPSA) is 66.6 Å². The molecule has 1 atom stereocenters. The van der Waals surface area contributed by atoms with Crippen LogP contribution < -0.4 is 10.6 Å². The standard InChI is InChI=1S/C14H19N3O2/c1-4-16(3)12(18)8-17-11-6-5-9(2)7-10(11)13(15)14(17)19/h5-7,13H,4,8,15H2,1-3H3. The Bertz CT molecular complexity index is 527. The molecule has 2 rings (SSSR count). The molecule has 1 unspecified atom stereocenters. The van der Waals surface area contributed by atoms with Crippen molar-refractivity contribution in [2.24, 2.45) is 5.73 Å². The van der Waals surface area contributed by atoms with Crippen molar-refractivity contribution in [3.63, 3.8) is 0 Å². The van der Waals surface area contributed by atoms with Gasteiger partial charge in [-0.25, -0.2) is 0 Å². The summed E-state index contributed by atoms with van der Waals surface area (Å²) in [7, 11) is 1.72. The highest BCUT2D eigenvalue weighted by molar-refractivity contribution is 6.07. The van der Waals surface area contributed by atoms with E-state index in [-0.39, 0.29) is 18.4 Å². The van der Waals surface area contributed by atoms with Gasteiger partial charge in [0.05, 0.1) is 0 Å². The normalized spacial score (nSPS) is 17.6. The Morgan fingerprint density at radius 2 is 2.16 bits per heavy atom. The molecule has 1 aliphatic rings. The van der Waals surface area contributed by atoms with E-state index in [0.717, 1.165) is 16.8 Å². The van der Waals surface area contributed by atoms with Crippen molar-refractivity contribution in [1.82, 2.24) is 4.90 Å². The van der Waals surface area contributed by atoms with Crippen LogP contribution in [0.25, 0.3) is 0 Å². The fraction of sp³-hybridized carbons (Fsp3) is 0.429. The van der Waals surface area contributed by atoms with Crippen LogP contribution >= 0.6 is 0 Å². The second kappa shape index (κ2) is 5.01. The SMILES string of the molecule is CCN(C)C(=O)CN1C(=O)C(N)c2cc(C)ccc21. The van der Waals surface area contributed by atoms with Gasteiger partial charge in [0, 0.05) is 24.8 Å². The minimum absolute atomic E-state index is 0.0485. The lowest BCUT2D eigenvalue weighted by Gasteiger charge is -2.21. The molecule has 1 heterocycles. The highest BCUT2D eigenvalue weighted by atomic mass is 16.2. The number of nitrogens with zero attached hydrogens (tertiary/aromatic N) is 2. The molecule has 19 heavy (non-hydrogen) atoms. The largest absolute Gasteiger partial charge is 0.344 e. The molecule has 5 heteroatoms. The summed E-state index contributed by atoms with van der Waals surface area (Å²) in [6.07, 6.45) is 0. The number of carbonyl (C=O) groups is 2. The Morgan fingerprint density at radius 1 is 1.47 bits per heavy atom. The summed E-state index contributed by atoms with van der Waals surface area (Å²) in [4.78, 5) is 27.2. The summed E-state index contributed by atoms with van der Waals surface area (Å²) < 4.78 is 0. The van der Waals surface area contributed by atoms with Crippen molar-refractivity contribution >= 4 is 17.5 Å². The Kier molecular flexibility index (Phi) is 3.57. The smallest absolute Gasteiger partial charge is 0.249 e. The van der Waals surface area contributed by atoms with Gasteiger partial charge in [0.1, 0.15) is 12.6 Å². The van der Waals surface area contributed by atoms with Crippen LogP contribution in [0, 0.1) is 6.92 Å². The minimum atomic E-state index is -0.658. The number of fused-ring (bicyclic) bond motifs is 1. The van der Waals surface area contributed by atoms with Crippen molar-refractivity contribution < 1.29 is 9.59 Å². The second-order valence-corrected chi connectivity index (χ2v) is 4.87. The summed E-state index contributed by atoms with van der Waals surface area (Å²) in [6.45, 7) is 4.52. The van der Waals surface area contributed by atoms with Gasteiger partial charge in [-0.3, -0.25) is 9.59 Å². The first-order valence-corrected chi connectivity index (χ1v) is 6.37. The van der Waals surface area contributed by atoms with E-state index >= 15 is 0 Å². The Labute approximate surface area is 113 Å². The predicted octanol–water partition coefficient (Wildman–Crippen LogP) is 0.820. The van der Waals surface area contributed by atoms with Gasteiger partial charge in [-0.1, -0.05) is 17.7 Å². The van der Waals surface area contributed by atoms with Crippen molar-refractivity contribution in [2.75, 3.05) is 25.0 Å². The zero-order valence-electron chi connectivity index (χ0n) is 11.5. The number of carbonyl (C=O) groups excluding carboxylic acids is 2. The molecule has 0 radical (unpaired) electrons. The van der Waals surface area contributed by atoms with Crippen LogP contribution in [0.3, 0.4) is 0 Å². The number of hydrogen-bond donors (Lipinski definition) is 1. The fourth-order valence-corrected chi connectivity index (χ4v) is 2.18. The molecule has 0 bridgehead atoms. The third kappa shape index (κ3) is 2.33. The maximum atomic E-state index is 12.2. The van der Waals surface area contributed by atoms with Gasteiger partial charge in [0.25, 0.3) is 0 Å². The molecule has 2 N–H and O–H groups in total. The average Bonchev–Trinajstić information content (AvgIpc) is 2.62. The van der Waals surface area contributed by atoms with Crippen molar-refractivity contribution in [2.45, 2.75) is 19.9 Å². The first-order valence-electron chi connectivity index (χ1n) is 6.37. The number of benzene rings is 1. The summed E-state index contributed by atoms with van der Waals surface area (Å²) >= 11 is 0. The second-order valence-electron chi connectivity index (χ2n) is 4.87. The molecule has 0 saturated heterocycles. The predicted molar refractivity (Wildman–Crippen MR) is 73.8 cm³/mol. The number of rotatable bonds is 3. The summed E-state index contributed by atoms with van der Waals surface area (Å²) in [6, 6.07) is 5.03. The van der Waals surface area contributed by atoms with E-state index in [2.05, 4.69) is 0 Å². The van der Waals surface area contributed by atoms with E-state index in [0.29, 0.717) is 6.54 Å². The molecule has 1 aromatic carbocycles. The number of amides is 2. The van der Waals surface area contributed by atoms with E-state index in [9.17, 15) is 9.59 Å². The van der Waals surface area contributed by atoms with Crippen LogP contribution in [0.1, 0.15) is 24.1 Å². The minimum Gasteiger partial charge on any atom is -0.344 e. The van der Waals surface area contributed by atoms with Gasteiger partial charge in [0.15, 0.2) is 0 Å². The third-order valence-corrected chi connectivity index (χ3v) is 3.53. The van der Waals surface area contributed by atoms with Gasteiger partial charge in [-0.2, -0.15) is 0 Å². The molecule has 1 aromatic rings. The summed E-state index contributed by atoms with van der Waals surface area (Å²) in [5, 5.41) is 0. The van der Waals surface area contributed by atoms with E-state index < -0.39 is 6.04 Å². The number of anilines is 1. The van der Waals surface area contributed by atoms with Crippen LogP contribution in [-0.4, -0.2) is 36.9 Å². The number of likely N-dealkylation sites (N-methyl/N-ethyl adjacent to an activating group) is 1. The molecular weight excluding hydrogens is 242 g/mol. The van der Waals surface area contributed by atoms with E-state index in [4.69, 9.17) is 5.73 Å². The van der Waals surface area contributed by atoms with Crippen LogP contribution in [0.4, 0.5) is 5.69 Å². The molecule has 0 spiro atoms. The van der Waals surface area contributed by atoms with E-state index in [1.54, 1.807) is 11.9 Å². The molecular formula is C14H19N3O2. The van der Waals surface area contributed by atoms with Gasteiger partial charge in [-0.15, -0.1) is 0 Å². The molecule has 1 aliphatic heterocycles.